The Bertz CT molecular complexity index is 1040. The summed E-state index contributed by atoms with van der Waals surface area (Å²) in [6, 6.07) is 12.6. The second-order valence-electron chi connectivity index (χ2n) is 6.12. The van der Waals surface area contributed by atoms with Gasteiger partial charge in [-0.3, -0.25) is 9.36 Å². The first-order valence-corrected chi connectivity index (χ1v) is 10.4. The van der Waals surface area contributed by atoms with Crippen LogP contribution in [0.15, 0.2) is 60.3 Å². The summed E-state index contributed by atoms with van der Waals surface area (Å²) < 4.78 is 12.4. The van der Waals surface area contributed by atoms with E-state index in [-0.39, 0.29) is 11.7 Å². The molecule has 0 spiro atoms. The maximum atomic E-state index is 12.5. The number of halogens is 1. The molecule has 1 N–H and O–H groups in total. The van der Waals surface area contributed by atoms with Gasteiger partial charge in [0.05, 0.1) is 25.7 Å². The zero-order chi connectivity index (χ0) is 21.5. The van der Waals surface area contributed by atoms with Crippen molar-refractivity contribution in [3.63, 3.8) is 0 Å². The van der Waals surface area contributed by atoms with Crippen molar-refractivity contribution in [1.29, 1.82) is 0 Å². The summed E-state index contributed by atoms with van der Waals surface area (Å²) >= 11 is 7.26. The maximum Gasteiger partial charge on any atom is 0.234 e. The first-order valence-electron chi connectivity index (χ1n) is 9.00. The Morgan fingerprint density at radius 1 is 1.20 bits per heavy atom. The Morgan fingerprint density at radius 3 is 2.63 bits per heavy atom. The number of aromatic nitrogens is 3. The molecule has 3 rings (SSSR count). The first-order chi connectivity index (χ1) is 14.5. The van der Waals surface area contributed by atoms with Crippen LogP contribution in [0.5, 0.6) is 11.5 Å². The number of amides is 1. The van der Waals surface area contributed by atoms with E-state index in [0.717, 1.165) is 5.56 Å². The van der Waals surface area contributed by atoms with Crippen molar-refractivity contribution in [3.05, 3.63) is 60.1 Å². The minimum Gasteiger partial charge on any atom is -0.497 e. The predicted molar refractivity (Wildman–Crippen MR) is 120 cm³/mol. The van der Waals surface area contributed by atoms with Crippen LogP contribution in [0.3, 0.4) is 0 Å². The largest absolute Gasteiger partial charge is 0.497 e. The Labute approximate surface area is 184 Å². The summed E-state index contributed by atoms with van der Waals surface area (Å²) in [4.78, 5) is 12.5. The Balaban J connectivity index is 1.72. The molecule has 0 saturated heterocycles. The van der Waals surface area contributed by atoms with Gasteiger partial charge in [0.1, 0.15) is 11.5 Å². The average molecular weight is 445 g/mol. The molecule has 0 aliphatic rings. The molecular formula is C21H21ClN4O3S. The lowest BCUT2D eigenvalue weighted by Gasteiger charge is -2.12. The monoisotopic (exact) mass is 444 g/mol. The summed E-state index contributed by atoms with van der Waals surface area (Å²) in [5.74, 6) is 1.82. The van der Waals surface area contributed by atoms with Crippen molar-refractivity contribution >= 4 is 35.0 Å². The molecule has 7 nitrogen and oxygen atoms in total. The van der Waals surface area contributed by atoms with Crippen LogP contribution >= 0.6 is 23.4 Å². The number of allylic oxidation sites excluding steroid dienone is 1. The molecule has 2 aromatic carbocycles. The number of carbonyl (C=O) groups is 1. The van der Waals surface area contributed by atoms with Gasteiger partial charge in [-0.1, -0.05) is 29.4 Å². The number of anilines is 1. The fourth-order valence-electron chi connectivity index (χ4n) is 2.72. The van der Waals surface area contributed by atoms with Crippen LogP contribution in [-0.2, 0) is 11.3 Å². The molecule has 0 bridgehead atoms. The number of methoxy groups -OCH3 is 2. The molecule has 0 atom stereocenters. The third kappa shape index (κ3) is 5.14. The standard InChI is InChI=1S/C21H21ClN4O3S/c1-4-11-26-20(14-5-7-15(22)8-6-14)24-25-21(26)30-13-19(27)23-17-10-9-16(28-2)12-18(17)29-3/h4-10,12H,1,11,13H2,2-3H3,(H,23,27). The predicted octanol–water partition coefficient (Wildman–Crippen LogP) is 4.53. The van der Waals surface area contributed by atoms with Crippen molar-refractivity contribution in [1.82, 2.24) is 14.8 Å². The average Bonchev–Trinajstić information content (AvgIpc) is 3.16. The summed E-state index contributed by atoms with van der Waals surface area (Å²) in [6.45, 7) is 4.31. The van der Waals surface area contributed by atoms with Gasteiger partial charge in [0.25, 0.3) is 0 Å². The molecule has 0 saturated carbocycles. The number of benzene rings is 2. The zero-order valence-corrected chi connectivity index (χ0v) is 18.2. The number of ether oxygens (including phenoxy) is 2. The van der Waals surface area contributed by atoms with Crippen LogP contribution in [0.1, 0.15) is 0 Å². The van der Waals surface area contributed by atoms with Gasteiger partial charge in [-0.25, -0.2) is 0 Å². The van der Waals surface area contributed by atoms with Crippen LogP contribution in [-0.4, -0.2) is 40.6 Å². The van der Waals surface area contributed by atoms with E-state index in [0.29, 0.717) is 39.7 Å². The number of thioether (sulfide) groups is 1. The van der Waals surface area contributed by atoms with E-state index in [4.69, 9.17) is 21.1 Å². The zero-order valence-electron chi connectivity index (χ0n) is 16.6. The molecule has 30 heavy (non-hydrogen) atoms. The number of hydrogen-bond acceptors (Lipinski definition) is 6. The van der Waals surface area contributed by atoms with E-state index >= 15 is 0 Å². The van der Waals surface area contributed by atoms with Crippen molar-refractivity contribution in [2.24, 2.45) is 0 Å². The molecule has 0 unspecified atom stereocenters. The first kappa shape index (κ1) is 21.7. The summed E-state index contributed by atoms with van der Waals surface area (Å²) in [5.41, 5.74) is 1.45. The fourth-order valence-corrected chi connectivity index (χ4v) is 3.59. The van der Waals surface area contributed by atoms with Gasteiger partial charge in [-0.2, -0.15) is 0 Å². The van der Waals surface area contributed by atoms with E-state index in [9.17, 15) is 4.79 Å². The summed E-state index contributed by atoms with van der Waals surface area (Å²) in [7, 11) is 3.11. The minimum absolute atomic E-state index is 0.158. The number of carbonyl (C=O) groups excluding carboxylic acids is 1. The van der Waals surface area contributed by atoms with E-state index in [1.54, 1.807) is 43.5 Å². The molecule has 156 valence electrons. The highest BCUT2D eigenvalue weighted by atomic mass is 35.5. The van der Waals surface area contributed by atoms with Gasteiger partial charge in [-0.15, -0.1) is 16.8 Å². The van der Waals surface area contributed by atoms with Gasteiger partial charge in [0, 0.05) is 23.2 Å². The smallest absolute Gasteiger partial charge is 0.234 e. The van der Waals surface area contributed by atoms with Gasteiger partial charge in [0.15, 0.2) is 11.0 Å². The molecule has 3 aromatic rings. The molecule has 0 radical (unpaired) electrons. The molecule has 0 aliphatic carbocycles. The van der Waals surface area contributed by atoms with E-state index in [2.05, 4.69) is 22.1 Å². The van der Waals surface area contributed by atoms with E-state index in [1.165, 1.54) is 18.9 Å². The van der Waals surface area contributed by atoms with Crippen molar-refractivity contribution in [3.8, 4) is 22.9 Å². The summed E-state index contributed by atoms with van der Waals surface area (Å²) in [6.07, 6.45) is 1.76. The van der Waals surface area contributed by atoms with Crippen LogP contribution in [0.4, 0.5) is 5.69 Å². The second-order valence-corrected chi connectivity index (χ2v) is 7.49. The second kappa shape index (κ2) is 10.2. The Hall–Kier alpha value is -2.97. The Morgan fingerprint density at radius 2 is 1.97 bits per heavy atom. The minimum atomic E-state index is -0.190. The normalized spacial score (nSPS) is 10.5. The molecule has 9 heteroatoms. The number of nitrogens with zero attached hydrogens (tertiary/aromatic N) is 3. The highest BCUT2D eigenvalue weighted by Crippen LogP contribution is 2.30. The summed E-state index contributed by atoms with van der Waals surface area (Å²) in [5, 5.41) is 12.6. The maximum absolute atomic E-state index is 12.5. The highest BCUT2D eigenvalue weighted by molar-refractivity contribution is 7.99. The van der Waals surface area contributed by atoms with Crippen LogP contribution in [0.2, 0.25) is 5.02 Å². The van der Waals surface area contributed by atoms with E-state index < -0.39 is 0 Å². The van der Waals surface area contributed by atoms with Gasteiger partial charge in [0.2, 0.25) is 5.91 Å². The lowest BCUT2D eigenvalue weighted by Crippen LogP contribution is -2.15. The van der Waals surface area contributed by atoms with Crippen LogP contribution in [0, 0.1) is 0 Å². The number of hydrogen-bond donors (Lipinski definition) is 1. The Kier molecular flexibility index (Phi) is 7.37. The highest BCUT2D eigenvalue weighted by Gasteiger charge is 2.16. The molecule has 0 fully saturated rings. The van der Waals surface area contributed by atoms with Gasteiger partial charge >= 0.3 is 0 Å². The van der Waals surface area contributed by atoms with Crippen molar-refractivity contribution in [2.45, 2.75) is 11.7 Å². The topological polar surface area (TPSA) is 78.3 Å². The van der Waals surface area contributed by atoms with Crippen LogP contribution < -0.4 is 14.8 Å². The number of rotatable bonds is 9. The quantitative estimate of drug-likeness (QED) is 0.386. The van der Waals surface area contributed by atoms with Gasteiger partial charge in [-0.05, 0) is 36.4 Å². The SMILES string of the molecule is C=CCn1c(SCC(=O)Nc2ccc(OC)cc2OC)nnc1-c1ccc(Cl)cc1. The lowest BCUT2D eigenvalue weighted by atomic mass is 10.2. The number of nitrogens with one attached hydrogen (secondary N) is 1. The lowest BCUT2D eigenvalue weighted by molar-refractivity contribution is -0.113. The molecule has 1 aromatic heterocycles. The van der Waals surface area contributed by atoms with E-state index in [1.807, 2.05) is 16.7 Å². The van der Waals surface area contributed by atoms with Crippen molar-refractivity contribution < 1.29 is 14.3 Å². The third-order valence-electron chi connectivity index (χ3n) is 4.15. The van der Waals surface area contributed by atoms with Crippen LogP contribution in [0.25, 0.3) is 11.4 Å². The van der Waals surface area contributed by atoms with Gasteiger partial charge < -0.3 is 14.8 Å². The fraction of sp³-hybridized carbons (Fsp3) is 0.190. The molecular weight excluding hydrogens is 424 g/mol. The molecule has 1 amide bonds. The molecule has 0 aliphatic heterocycles. The third-order valence-corrected chi connectivity index (χ3v) is 5.36. The molecule has 1 heterocycles. The van der Waals surface area contributed by atoms with Crippen molar-refractivity contribution in [2.75, 3.05) is 25.3 Å².